The highest BCUT2D eigenvalue weighted by atomic mass is 32.1. The molecule has 4 rings (SSSR count). The van der Waals surface area contributed by atoms with E-state index in [1.165, 1.54) is 0 Å². The number of hydrogen-bond donors (Lipinski definition) is 1. The summed E-state index contributed by atoms with van der Waals surface area (Å²) in [5.74, 6) is -0.476. The molecule has 9 heteroatoms. The van der Waals surface area contributed by atoms with E-state index in [-0.39, 0.29) is 6.61 Å². The van der Waals surface area contributed by atoms with Crippen molar-refractivity contribution in [2.24, 2.45) is 0 Å². The van der Waals surface area contributed by atoms with Crippen molar-refractivity contribution in [1.82, 2.24) is 4.98 Å². The van der Waals surface area contributed by atoms with Crippen LogP contribution in [0.4, 0.5) is 11.4 Å². The molecule has 172 valence electrons. The first-order valence-electron chi connectivity index (χ1n) is 10.6. The molecule has 1 fully saturated rings. The zero-order valence-corrected chi connectivity index (χ0v) is 19.1. The van der Waals surface area contributed by atoms with Gasteiger partial charge in [-0.1, -0.05) is 6.07 Å². The van der Waals surface area contributed by atoms with Crippen LogP contribution in [0.2, 0.25) is 0 Å². The number of carbonyl (C=O) groups is 2. The number of amides is 1. The zero-order valence-electron chi connectivity index (χ0n) is 18.3. The third-order valence-electron chi connectivity index (χ3n) is 4.98. The summed E-state index contributed by atoms with van der Waals surface area (Å²) in [6.07, 6.45) is 0. The molecule has 0 spiro atoms. The number of morpholine rings is 1. The predicted molar refractivity (Wildman–Crippen MR) is 126 cm³/mol. The highest BCUT2D eigenvalue weighted by Crippen LogP contribution is 2.19. The van der Waals surface area contributed by atoms with E-state index in [0.717, 1.165) is 29.5 Å². The molecule has 1 aromatic heterocycles. The number of carbonyl (C=O) groups excluding carboxylic acids is 2. The Labute approximate surface area is 196 Å². The van der Waals surface area contributed by atoms with E-state index in [0.29, 0.717) is 36.8 Å². The number of nitrogens with zero attached hydrogens (tertiary/aromatic N) is 2. The number of esters is 1. The number of anilines is 2. The Morgan fingerprint density at radius 1 is 1.15 bits per heavy atom. The van der Waals surface area contributed by atoms with Crippen LogP contribution >= 0.6 is 11.3 Å². The van der Waals surface area contributed by atoms with Crippen molar-refractivity contribution < 1.29 is 23.8 Å². The number of hydrogen-bond acceptors (Lipinski definition) is 8. The monoisotopic (exact) mass is 467 g/mol. The largest absolute Gasteiger partial charge is 0.487 e. The molecule has 0 aliphatic carbocycles. The smallest absolute Gasteiger partial charge is 0.338 e. The Hall–Kier alpha value is -3.43. The quantitative estimate of drug-likeness (QED) is 0.506. The molecule has 0 radical (unpaired) electrons. The van der Waals surface area contributed by atoms with Gasteiger partial charge in [0.15, 0.2) is 6.61 Å². The number of thiazole rings is 1. The fourth-order valence-electron chi connectivity index (χ4n) is 3.33. The number of aromatic nitrogens is 1. The molecule has 1 saturated heterocycles. The predicted octanol–water partition coefficient (Wildman–Crippen LogP) is 3.66. The Bertz CT molecular complexity index is 1090. The number of aryl methyl sites for hydroxylation is 1. The molecule has 2 heterocycles. The van der Waals surface area contributed by atoms with Crippen molar-refractivity contribution in [2.45, 2.75) is 13.5 Å². The molecular formula is C24H25N3O5S. The van der Waals surface area contributed by atoms with E-state index in [1.807, 2.05) is 36.6 Å². The maximum atomic E-state index is 12.4. The van der Waals surface area contributed by atoms with Crippen LogP contribution in [0.25, 0.3) is 0 Å². The number of nitrogens with one attached hydrogen (secondary N) is 1. The number of rotatable bonds is 8. The lowest BCUT2D eigenvalue weighted by Crippen LogP contribution is -2.36. The first kappa shape index (κ1) is 22.8. The van der Waals surface area contributed by atoms with Gasteiger partial charge in [-0.15, -0.1) is 11.3 Å². The summed E-state index contributed by atoms with van der Waals surface area (Å²) in [7, 11) is 0. The van der Waals surface area contributed by atoms with Crippen LogP contribution < -0.4 is 15.0 Å². The van der Waals surface area contributed by atoms with Gasteiger partial charge in [0.25, 0.3) is 5.91 Å². The van der Waals surface area contributed by atoms with Crippen molar-refractivity contribution in [3.63, 3.8) is 0 Å². The van der Waals surface area contributed by atoms with E-state index >= 15 is 0 Å². The SMILES string of the molecule is Cc1nc(COc2cccc(C(=O)OCC(=O)Nc3ccc(N4CCOCC4)cc3)c2)cs1. The van der Waals surface area contributed by atoms with E-state index in [1.54, 1.807) is 35.6 Å². The van der Waals surface area contributed by atoms with Crippen LogP contribution in [0, 0.1) is 6.92 Å². The van der Waals surface area contributed by atoms with Crippen LogP contribution in [0.1, 0.15) is 21.1 Å². The highest BCUT2D eigenvalue weighted by Gasteiger charge is 2.13. The van der Waals surface area contributed by atoms with Crippen LogP contribution in [-0.4, -0.2) is 49.8 Å². The summed E-state index contributed by atoms with van der Waals surface area (Å²) < 4.78 is 16.2. The van der Waals surface area contributed by atoms with E-state index < -0.39 is 11.9 Å². The van der Waals surface area contributed by atoms with Crippen molar-refractivity contribution in [1.29, 1.82) is 0 Å². The number of benzene rings is 2. The molecule has 1 N–H and O–H groups in total. The second-order valence-corrected chi connectivity index (χ2v) is 8.51. The molecule has 1 aliphatic rings. The van der Waals surface area contributed by atoms with Gasteiger partial charge in [0.1, 0.15) is 12.4 Å². The molecule has 3 aromatic rings. The molecular weight excluding hydrogens is 442 g/mol. The Morgan fingerprint density at radius 3 is 2.67 bits per heavy atom. The summed E-state index contributed by atoms with van der Waals surface area (Å²) in [6, 6.07) is 14.2. The second-order valence-electron chi connectivity index (χ2n) is 7.44. The van der Waals surface area contributed by atoms with Crippen molar-refractivity contribution in [3.8, 4) is 5.75 Å². The second kappa shape index (κ2) is 10.9. The molecule has 2 aromatic carbocycles. The first-order chi connectivity index (χ1) is 16.1. The minimum atomic E-state index is -0.595. The van der Waals surface area contributed by atoms with E-state index in [4.69, 9.17) is 14.2 Å². The molecule has 8 nitrogen and oxygen atoms in total. The van der Waals surface area contributed by atoms with Gasteiger partial charge >= 0.3 is 5.97 Å². The Balaban J connectivity index is 1.24. The van der Waals surface area contributed by atoms with Crippen LogP contribution in [0.15, 0.2) is 53.9 Å². The van der Waals surface area contributed by atoms with Gasteiger partial charge in [0, 0.05) is 29.8 Å². The third-order valence-corrected chi connectivity index (χ3v) is 5.81. The van der Waals surface area contributed by atoms with E-state index in [9.17, 15) is 9.59 Å². The van der Waals surface area contributed by atoms with Crippen LogP contribution in [0.3, 0.4) is 0 Å². The van der Waals surface area contributed by atoms with Crippen molar-refractivity contribution in [3.05, 3.63) is 70.2 Å². The van der Waals surface area contributed by atoms with Crippen molar-refractivity contribution >= 4 is 34.6 Å². The number of ether oxygens (including phenoxy) is 3. The minimum absolute atomic E-state index is 0.310. The van der Waals surface area contributed by atoms with Gasteiger partial charge in [-0.25, -0.2) is 9.78 Å². The summed E-state index contributed by atoms with van der Waals surface area (Å²) in [4.78, 5) is 31.2. The molecule has 0 saturated carbocycles. The van der Waals surface area contributed by atoms with Crippen molar-refractivity contribution in [2.75, 3.05) is 43.1 Å². The standard InChI is InChI=1S/C24H25N3O5S/c1-17-25-20(16-33-17)14-31-22-4-2-3-18(13-22)24(29)32-15-23(28)26-19-5-7-21(8-6-19)27-9-11-30-12-10-27/h2-8,13,16H,9-12,14-15H2,1H3,(H,26,28). The lowest BCUT2D eigenvalue weighted by atomic mass is 10.2. The van der Waals surface area contributed by atoms with E-state index in [2.05, 4.69) is 15.2 Å². The zero-order chi connectivity index (χ0) is 23.0. The first-order valence-corrected chi connectivity index (χ1v) is 11.5. The lowest BCUT2D eigenvalue weighted by Gasteiger charge is -2.28. The lowest BCUT2D eigenvalue weighted by molar-refractivity contribution is -0.119. The van der Waals surface area contributed by atoms with Crippen LogP contribution in [0.5, 0.6) is 5.75 Å². The van der Waals surface area contributed by atoms with Gasteiger partial charge < -0.3 is 24.4 Å². The van der Waals surface area contributed by atoms with Gasteiger partial charge in [0.2, 0.25) is 0 Å². The maximum absolute atomic E-state index is 12.4. The van der Waals surface area contributed by atoms with Gasteiger partial charge in [0.05, 0.1) is 29.5 Å². The Morgan fingerprint density at radius 2 is 1.94 bits per heavy atom. The molecule has 0 unspecified atom stereocenters. The Kier molecular flexibility index (Phi) is 7.54. The summed E-state index contributed by atoms with van der Waals surface area (Å²) >= 11 is 1.55. The normalized spacial score (nSPS) is 13.4. The van der Waals surface area contributed by atoms with Gasteiger partial charge in [-0.2, -0.15) is 0 Å². The minimum Gasteiger partial charge on any atom is -0.487 e. The highest BCUT2D eigenvalue weighted by molar-refractivity contribution is 7.09. The maximum Gasteiger partial charge on any atom is 0.338 e. The average molecular weight is 468 g/mol. The molecule has 1 amide bonds. The molecule has 0 atom stereocenters. The fraction of sp³-hybridized carbons (Fsp3) is 0.292. The summed E-state index contributed by atoms with van der Waals surface area (Å²) in [6.45, 7) is 4.98. The topological polar surface area (TPSA) is 90.0 Å². The van der Waals surface area contributed by atoms with Gasteiger partial charge in [-0.3, -0.25) is 4.79 Å². The molecule has 0 bridgehead atoms. The molecule has 1 aliphatic heterocycles. The fourth-order valence-corrected chi connectivity index (χ4v) is 3.93. The average Bonchev–Trinajstić information content (AvgIpc) is 3.27. The summed E-state index contributed by atoms with van der Waals surface area (Å²) in [5.41, 5.74) is 2.86. The van der Waals surface area contributed by atoms with Crippen LogP contribution in [-0.2, 0) is 20.9 Å². The van der Waals surface area contributed by atoms with Gasteiger partial charge in [-0.05, 0) is 49.4 Å². The summed E-state index contributed by atoms with van der Waals surface area (Å²) in [5, 5.41) is 5.64. The molecule has 33 heavy (non-hydrogen) atoms. The third kappa shape index (κ3) is 6.53.